The van der Waals surface area contributed by atoms with Crippen molar-refractivity contribution in [1.29, 1.82) is 0 Å². The third kappa shape index (κ3) is 3.85. The molecule has 3 N–H and O–H groups in total. The van der Waals surface area contributed by atoms with Crippen LogP contribution in [0, 0.1) is 6.92 Å². The summed E-state index contributed by atoms with van der Waals surface area (Å²) >= 11 is 6.00. The smallest absolute Gasteiger partial charge is 0.241 e. The number of hydrogen-bond donors (Lipinski definition) is 3. The number of hydrogen-bond acceptors (Lipinski definition) is 3. The second-order valence-corrected chi connectivity index (χ2v) is 5.65. The molecule has 2 rings (SSSR count). The molecule has 0 heterocycles. The minimum absolute atomic E-state index is 0.138. The van der Waals surface area contributed by atoms with Gasteiger partial charge in [0.05, 0.1) is 17.7 Å². The predicted octanol–water partition coefficient (Wildman–Crippen LogP) is 2.79. The number of carbonyl (C=O) groups excluding carboxylic acids is 1. The highest BCUT2D eigenvalue weighted by atomic mass is 35.5. The van der Waals surface area contributed by atoms with Gasteiger partial charge in [-0.05, 0) is 37.5 Å². The van der Waals surface area contributed by atoms with Crippen molar-refractivity contribution in [1.82, 2.24) is 5.43 Å². The zero-order chi connectivity index (χ0) is 13.9. The molecule has 5 heteroatoms. The van der Waals surface area contributed by atoms with Gasteiger partial charge in [-0.2, -0.15) is 0 Å². The standard InChI is InChI=1S/C14H19ClN2O2/c1-10-4-5-11(8-12(10)15)16-17-13(18)9-14(19)6-2-3-7-14/h4-5,8,16,19H,2-3,6-7,9H2,1H3,(H,17,18). The number of halogens is 1. The Kier molecular flexibility index (Phi) is 4.32. The first-order valence-electron chi connectivity index (χ1n) is 6.52. The van der Waals surface area contributed by atoms with Gasteiger partial charge in [0.25, 0.3) is 0 Å². The van der Waals surface area contributed by atoms with Crippen molar-refractivity contribution in [2.45, 2.75) is 44.6 Å². The molecule has 1 saturated carbocycles. The van der Waals surface area contributed by atoms with E-state index in [0.29, 0.717) is 17.9 Å². The van der Waals surface area contributed by atoms with Crippen LogP contribution in [0.3, 0.4) is 0 Å². The third-order valence-corrected chi connectivity index (χ3v) is 3.95. The topological polar surface area (TPSA) is 61.4 Å². The number of hydrazine groups is 1. The highest BCUT2D eigenvalue weighted by Gasteiger charge is 2.33. The lowest BCUT2D eigenvalue weighted by Crippen LogP contribution is -2.37. The summed E-state index contributed by atoms with van der Waals surface area (Å²) in [5, 5.41) is 10.8. The highest BCUT2D eigenvalue weighted by Crippen LogP contribution is 2.32. The fraction of sp³-hybridized carbons (Fsp3) is 0.500. The summed E-state index contributed by atoms with van der Waals surface area (Å²) in [6.07, 6.45) is 3.53. The van der Waals surface area contributed by atoms with Crippen LogP contribution < -0.4 is 10.9 Å². The number of aryl methyl sites for hydroxylation is 1. The molecule has 0 saturated heterocycles. The summed E-state index contributed by atoms with van der Waals surface area (Å²) in [6.45, 7) is 1.92. The Bertz CT molecular complexity index is 471. The van der Waals surface area contributed by atoms with Gasteiger partial charge in [-0.3, -0.25) is 15.6 Å². The molecule has 0 unspecified atom stereocenters. The SMILES string of the molecule is Cc1ccc(NNC(=O)CC2(O)CCCC2)cc1Cl. The molecule has 1 aliphatic rings. The molecule has 1 aliphatic carbocycles. The number of aliphatic hydroxyl groups is 1. The van der Waals surface area contributed by atoms with E-state index in [4.69, 9.17) is 11.6 Å². The van der Waals surface area contributed by atoms with Crippen LogP contribution >= 0.6 is 11.6 Å². The maximum atomic E-state index is 11.8. The van der Waals surface area contributed by atoms with E-state index in [1.54, 1.807) is 6.07 Å². The van der Waals surface area contributed by atoms with Crippen molar-refractivity contribution in [3.8, 4) is 0 Å². The van der Waals surface area contributed by atoms with Crippen molar-refractivity contribution < 1.29 is 9.90 Å². The average molecular weight is 283 g/mol. The van der Waals surface area contributed by atoms with Gasteiger partial charge in [0.1, 0.15) is 0 Å². The van der Waals surface area contributed by atoms with Gasteiger partial charge < -0.3 is 5.11 Å². The van der Waals surface area contributed by atoms with Crippen LogP contribution in [0.4, 0.5) is 5.69 Å². The van der Waals surface area contributed by atoms with Crippen LogP contribution in [0.5, 0.6) is 0 Å². The van der Waals surface area contributed by atoms with Crippen molar-refractivity contribution in [3.63, 3.8) is 0 Å². The van der Waals surface area contributed by atoms with E-state index in [1.165, 1.54) is 0 Å². The second-order valence-electron chi connectivity index (χ2n) is 5.25. The summed E-state index contributed by atoms with van der Waals surface area (Å²) in [4.78, 5) is 11.8. The zero-order valence-electron chi connectivity index (χ0n) is 11.0. The average Bonchev–Trinajstić information content (AvgIpc) is 2.77. The van der Waals surface area contributed by atoms with Gasteiger partial charge >= 0.3 is 0 Å². The molecule has 0 atom stereocenters. The van der Waals surface area contributed by atoms with Gasteiger partial charge in [-0.15, -0.1) is 0 Å². The molecule has 0 aromatic heterocycles. The monoisotopic (exact) mass is 282 g/mol. The van der Waals surface area contributed by atoms with Gasteiger partial charge in [-0.25, -0.2) is 0 Å². The van der Waals surface area contributed by atoms with Gasteiger partial charge in [0.2, 0.25) is 5.91 Å². The lowest BCUT2D eigenvalue weighted by atomic mass is 9.98. The maximum absolute atomic E-state index is 11.8. The first-order chi connectivity index (χ1) is 8.98. The Balaban J connectivity index is 1.84. The molecule has 0 radical (unpaired) electrons. The van der Waals surface area contributed by atoms with E-state index in [0.717, 1.165) is 24.1 Å². The number of benzene rings is 1. The van der Waals surface area contributed by atoms with Crippen molar-refractivity contribution in [2.75, 3.05) is 5.43 Å². The van der Waals surface area contributed by atoms with E-state index in [9.17, 15) is 9.90 Å². The Labute approximate surface area is 118 Å². The Morgan fingerprint density at radius 1 is 1.42 bits per heavy atom. The van der Waals surface area contributed by atoms with E-state index in [1.807, 2.05) is 19.1 Å². The van der Waals surface area contributed by atoms with Gasteiger partial charge in [0.15, 0.2) is 0 Å². The molecule has 1 aromatic rings. The highest BCUT2D eigenvalue weighted by molar-refractivity contribution is 6.31. The lowest BCUT2D eigenvalue weighted by molar-refractivity contribution is -0.125. The quantitative estimate of drug-likeness (QED) is 0.744. The Morgan fingerprint density at radius 3 is 2.74 bits per heavy atom. The molecule has 0 bridgehead atoms. The Morgan fingerprint density at radius 2 is 2.11 bits per heavy atom. The zero-order valence-corrected chi connectivity index (χ0v) is 11.8. The van der Waals surface area contributed by atoms with Crippen molar-refractivity contribution in [3.05, 3.63) is 28.8 Å². The molecule has 104 valence electrons. The van der Waals surface area contributed by atoms with E-state index >= 15 is 0 Å². The van der Waals surface area contributed by atoms with Crippen LogP contribution in [-0.2, 0) is 4.79 Å². The largest absolute Gasteiger partial charge is 0.389 e. The fourth-order valence-corrected chi connectivity index (χ4v) is 2.55. The molecule has 0 spiro atoms. The van der Waals surface area contributed by atoms with Crippen molar-refractivity contribution >= 4 is 23.2 Å². The van der Waals surface area contributed by atoms with E-state index in [-0.39, 0.29) is 12.3 Å². The summed E-state index contributed by atoms with van der Waals surface area (Å²) in [6, 6.07) is 5.47. The summed E-state index contributed by atoms with van der Waals surface area (Å²) in [5.74, 6) is -0.207. The van der Waals surface area contributed by atoms with Crippen LogP contribution in [-0.4, -0.2) is 16.6 Å². The summed E-state index contributed by atoms with van der Waals surface area (Å²) in [5.41, 5.74) is 6.29. The molecule has 1 amide bonds. The predicted molar refractivity (Wildman–Crippen MR) is 76.0 cm³/mol. The minimum atomic E-state index is -0.823. The van der Waals surface area contributed by atoms with E-state index < -0.39 is 5.60 Å². The molecular formula is C14H19ClN2O2. The normalized spacial score (nSPS) is 17.2. The number of nitrogens with one attached hydrogen (secondary N) is 2. The number of rotatable bonds is 4. The first-order valence-corrected chi connectivity index (χ1v) is 6.90. The third-order valence-electron chi connectivity index (χ3n) is 3.54. The number of carbonyl (C=O) groups is 1. The molecular weight excluding hydrogens is 264 g/mol. The summed E-state index contributed by atoms with van der Waals surface area (Å²) in [7, 11) is 0. The summed E-state index contributed by atoms with van der Waals surface area (Å²) < 4.78 is 0. The molecule has 1 aromatic carbocycles. The van der Waals surface area contributed by atoms with Crippen LogP contribution in [0.15, 0.2) is 18.2 Å². The lowest BCUT2D eigenvalue weighted by Gasteiger charge is -2.21. The molecule has 19 heavy (non-hydrogen) atoms. The Hall–Kier alpha value is -1.26. The maximum Gasteiger partial charge on any atom is 0.241 e. The van der Waals surface area contributed by atoms with Crippen LogP contribution in [0.1, 0.15) is 37.7 Å². The van der Waals surface area contributed by atoms with E-state index in [2.05, 4.69) is 10.9 Å². The van der Waals surface area contributed by atoms with Gasteiger partial charge in [0, 0.05) is 5.02 Å². The molecule has 4 nitrogen and oxygen atoms in total. The fourth-order valence-electron chi connectivity index (χ4n) is 2.37. The minimum Gasteiger partial charge on any atom is -0.389 e. The van der Waals surface area contributed by atoms with Crippen LogP contribution in [0.2, 0.25) is 5.02 Å². The van der Waals surface area contributed by atoms with Crippen LogP contribution in [0.25, 0.3) is 0 Å². The first kappa shape index (κ1) is 14.2. The van der Waals surface area contributed by atoms with Gasteiger partial charge in [-0.1, -0.05) is 30.5 Å². The number of amides is 1. The van der Waals surface area contributed by atoms with Crippen molar-refractivity contribution in [2.24, 2.45) is 0 Å². The second kappa shape index (κ2) is 5.80. The molecule has 1 fully saturated rings. The number of anilines is 1. The molecule has 0 aliphatic heterocycles.